The van der Waals surface area contributed by atoms with Gasteiger partial charge in [0.05, 0.1) is 11.4 Å². The zero-order chi connectivity index (χ0) is 16.2. The molecular formula is C15H18N6S2. The van der Waals surface area contributed by atoms with E-state index in [9.17, 15) is 0 Å². The van der Waals surface area contributed by atoms with Crippen molar-refractivity contribution in [2.45, 2.75) is 31.3 Å². The van der Waals surface area contributed by atoms with Crippen molar-refractivity contribution in [1.29, 1.82) is 0 Å². The van der Waals surface area contributed by atoms with Crippen LogP contribution in [0.5, 0.6) is 0 Å². The van der Waals surface area contributed by atoms with Crippen molar-refractivity contribution in [3.05, 3.63) is 41.2 Å². The fraction of sp³-hybridized carbons (Fsp3) is 0.400. The minimum atomic E-state index is 0.387. The normalized spacial score (nSPS) is 11.3. The van der Waals surface area contributed by atoms with Gasteiger partial charge in [-0.25, -0.2) is 15.0 Å². The molecule has 120 valence electrons. The summed E-state index contributed by atoms with van der Waals surface area (Å²) >= 11 is 3.36. The van der Waals surface area contributed by atoms with Gasteiger partial charge in [-0.15, -0.1) is 33.3 Å². The fourth-order valence-corrected chi connectivity index (χ4v) is 3.90. The second-order valence-corrected chi connectivity index (χ2v) is 7.24. The Hall–Kier alpha value is -1.80. The predicted molar refractivity (Wildman–Crippen MR) is 93.2 cm³/mol. The molecule has 6 nitrogen and oxygen atoms in total. The molecule has 3 aromatic heterocycles. The maximum atomic E-state index is 4.60. The summed E-state index contributed by atoms with van der Waals surface area (Å²) in [5, 5.41) is 11.5. The molecule has 0 saturated heterocycles. The lowest BCUT2D eigenvalue weighted by molar-refractivity contribution is 0.698. The van der Waals surface area contributed by atoms with Crippen LogP contribution in [0.15, 0.2) is 23.8 Å². The zero-order valence-electron chi connectivity index (χ0n) is 13.3. The summed E-state index contributed by atoms with van der Waals surface area (Å²) in [7, 11) is 2.03. The van der Waals surface area contributed by atoms with Gasteiger partial charge in [0.2, 0.25) is 0 Å². The van der Waals surface area contributed by atoms with Gasteiger partial charge in [0.15, 0.2) is 10.8 Å². The van der Waals surface area contributed by atoms with Gasteiger partial charge in [-0.1, -0.05) is 13.8 Å². The topological polar surface area (TPSA) is 69.4 Å². The van der Waals surface area contributed by atoms with Crippen molar-refractivity contribution in [2.75, 3.05) is 0 Å². The van der Waals surface area contributed by atoms with E-state index >= 15 is 0 Å². The van der Waals surface area contributed by atoms with Crippen LogP contribution < -0.4 is 0 Å². The third-order valence-electron chi connectivity index (χ3n) is 3.31. The first kappa shape index (κ1) is 16.1. The summed E-state index contributed by atoms with van der Waals surface area (Å²) in [6.07, 6.45) is 3.47. The van der Waals surface area contributed by atoms with E-state index in [4.69, 9.17) is 0 Å². The molecule has 0 bridgehead atoms. The molecule has 23 heavy (non-hydrogen) atoms. The van der Waals surface area contributed by atoms with Crippen LogP contribution >= 0.6 is 23.1 Å². The number of nitrogens with zero attached hydrogens (tertiary/aromatic N) is 6. The van der Waals surface area contributed by atoms with Gasteiger partial charge in [0, 0.05) is 36.5 Å². The van der Waals surface area contributed by atoms with Gasteiger partial charge in [-0.3, -0.25) is 0 Å². The van der Waals surface area contributed by atoms with Crippen molar-refractivity contribution in [2.24, 2.45) is 7.05 Å². The summed E-state index contributed by atoms with van der Waals surface area (Å²) in [4.78, 5) is 13.1. The summed E-state index contributed by atoms with van der Waals surface area (Å²) in [6, 6.07) is 1.81. The summed E-state index contributed by atoms with van der Waals surface area (Å²) in [5.41, 5.74) is 1.05. The Labute approximate surface area is 143 Å². The van der Waals surface area contributed by atoms with E-state index in [-0.39, 0.29) is 0 Å². The maximum Gasteiger partial charge on any atom is 0.188 e. The van der Waals surface area contributed by atoms with Crippen LogP contribution in [0.3, 0.4) is 0 Å². The Morgan fingerprint density at radius 1 is 1.17 bits per heavy atom. The van der Waals surface area contributed by atoms with E-state index < -0.39 is 0 Å². The zero-order valence-corrected chi connectivity index (χ0v) is 14.9. The summed E-state index contributed by atoms with van der Waals surface area (Å²) < 4.78 is 2.09. The van der Waals surface area contributed by atoms with E-state index in [2.05, 4.69) is 48.9 Å². The van der Waals surface area contributed by atoms with Crippen molar-refractivity contribution < 1.29 is 0 Å². The first-order valence-electron chi connectivity index (χ1n) is 7.33. The Kier molecular flexibility index (Phi) is 5.02. The van der Waals surface area contributed by atoms with Crippen LogP contribution in [0.2, 0.25) is 0 Å². The highest BCUT2D eigenvalue weighted by Gasteiger charge is 2.12. The van der Waals surface area contributed by atoms with Crippen molar-refractivity contribution in [1.82, 2.24) is 29.7 Å². The largest absolute Gasteiger partial charge is 0.317 e. The highest BCUT2D eigenvalue weighted by molar-refractivity contribution is 7.97. The quantitative estimate of drug-likeness (QED) is 0.682. The molecule has 3 heterocycles. The Balaban J connectivity index is 1.58. The molecule has 0 N–H and O–H groups in total. The van der Waals surface area contributed by atoms with E-state index in [1.54, 1.807) is 41.6 Å². The van der Waals surface area contributed by atoms with Gasteiger partial charge < -0.3 is 4.57 Å². The molecule has 0 atom stereocenters. The third kappa shape index (κ3) is 3.76. The lowest BCUT2D eigenvalue weighted by atomic mass is 10.2. The van der Waals surface area contributed by atoms with E-state index in [0.717, 1.165) is 33.9 Å². The minimum absolute atomic E-state index is 0.387. The van der Waals surface area contributed by atoms with Gasteiger partial charge in [-0.2, -0.15) is 0 Å². The molecule has 3 rings (SSSR count). The lowest BCUT2D eigenvalue weighted by Crippen LogP contribution is -2.03. The summed E-state index contributed by atoms with van der Waals surface area (Å²) in [5.74, 6) is 4.76. The predicted octanol–water partition coefficient (Wildman–Crippen LogP) is 3.29. The second kappa shape index (κ2) is 7.18. The molecular weight excluding hydrogens is 328 g/mol. The molecule has 0 aliphatic rings. The van der Waals surface area contributed by atoms with Crippen molar-refractivity contribution in [3.8, 4) is 10.8 Å². The van der Waals surface area contributed by atoms with Crippen LogP contribution in [-0.4, -0.2) is 29.7 Å². The van der Waals surface area contributed by atoms with Gasteiger partial charge >= 0.3 is 0 Å². The Bertz CT molecular complexity index is 765. The molecule has 0 radical (unpaired) electrons. The highest BCUT2D eigenvalue weighted by atomic mass is 32.2. The van der Waals surface area contributed by atoms with Gasteiger partial charge in [0.1, 0.15) is 11.6 Å². The molecule has 0 spiro atoms. The minimum Gasteiger partial charge on any atom is -0.317 e. The smallest absolute Gasteiger partial charge is 0.188 e. The Morgan fingerprint density at radius 3 is 2.65 bits per heavy atom. The SMILES string of the molecule is CC(C)c1nnc(CSCc2csc(-c3ncccn3)n2)n1C. The number of hydrogen-bond donors (Lipinski definition) is 0. The first-order valence-corrected chi connectivity index (χ1v) is 9.36. The number of aromatic nitrogens is 6. The third-order valence-corrected chi connectivity index (χ3v) is 5.15. The molecule has 0 unspecified atom stereocenters. The highest BCUT2D eigenvalue weighted by Crippen LogP contribution is 2.24. The van der Waals surface area contributed by atoms with Crippen LogP contribution in [0.1, 0.15) is 37.1 Å². The first-order chi connectivity index (χ1) is 11.1. The Morgan fingerprint density at radius 2 is 1.96 bits per heavy atom. The molecule has 0 amide bonds. The van der Waals surface area contributed by atoms with Gasteiger partial charge in [0.25, 0.3) is 0 Å². The number of thioether (sulfide) groups is 1. The number of rotatable bonds is 6. The maximum absolute atomic E-state index is 4.60. The monoisotopic (exact) mass is 346 g/mol. The molecule has 8 heteroatoms. The average molecular weight is 346 g/mol. The van der Waals surface area contributed by atoms with Crippen LogP contribution in [-0.2, 0) is 18.6 Å². The van der Waals surface area contributed by atoms with E-state index in [1.165, 1.54) is 0 Å². The van der Waals surface area contributed by atoms with Crippen LogP contribution in [0.25, 0.3) is 10.8 Å². The van der Waals surface area contributed by atoms with Crippen LogP contribution in [0, 0.1) is 0 Å². The molecule has 0 aliphatic carbocycles. The fourth-order valence-electron chi connectivity index (χ4n) is 2.14. The molecule has 0 fully saturated rings. The second-order valence-electron chi connectivity index (χ2n) is 5.40. The molecule has 0 saturated carbocycles. The van der Waals surface area contributed by atoms with E-state index in [1.807, 2.05) is 7.05 Å². The number of thiazole rings is 1. The van der Waals surface area contributed by atoms with E-state index in [0.29, 0.717) is 11.7 Å². The average Bonchev–Trinajstić information content (AvgIpc) is 3.16. The van der Waals surface area contributed by atoms with Crippen molar-refractivity contribution >= 4 is 23.1 Å². The molecule has 3 aromatic rings. The number of hydrogen-bond acceptors (Lipinski definition) is 7. The molecule has 0 aromatic carbocycles. The van der Waals surface area contributed by atoms with Gasteiger partial charge in [-0.05, 0) is 6.07 Å². The molecule has 0 aliphatic heterocycles. The summed E-state index contributed by atoms with van der Waals surface area (Å²) in [6.45, 7) is 4.26. The van der Waals surface area contributed by atoms with Crippen LogP contribution in [0.4, 0.5) is 0 Å². The lowest BCUT2D eigenvalue weighted by Gasteiger charge is -2.05. The van der Waals surface area contributed by atoms with Crippen molar-refractivity contribution in [3.63, 3.8) is 0 Å². The standard InChI is InChI=1S/C15H18N6S2/c1-10(2)14-20-19-12(21(14)3)9-22-7-11-8-23-15(18-11)13-16-5-4-6-17-13/h4-6,8,10H,7,9H2,1-3H3.